The summed E-state index contributed by atoms with van der Waals surface area (Å²) in [6, 6.07) is 23.9. The number of carbonyl (C=O) groups excluding carboxylic acids is 1. The van der Waals surface area contributed by atoms with Crippen molar-refractivity contribution in [1.29, 1.82) is 0 Å². The van der Waals surface area contributed by atoms with Crippen LogP contribution >= 0.6 is 27.7 Å². The van der Waals surface area contributed by atoms with E-state index in [1.165, 1.54) is 22.9 Å². The number of para-hydroxylation sites is 1. The summed E-state index contributed by atoms with van der Waals surface area (Å²) < 4.78 is 0.990. The molecular weight excluding hydrogens is 494 g/mol. The highest BCUT2D eigenvalue weighted by atomic mass is 79.9. The number of amides is 1. The molecule has 0 N–H and O–H groups in total. The number of halogens is 1. The summed E-state index contributed by atoms with van der Waals surface area (Å²) in [7, 11) is 0. The third-order valence-corrected chi connectivity index (χ3v) is 7.15. The van der Waals surface area contributed by atoms with Crippen molar-refractivity contribution in [3.63, 3.8) is 0 Å². The summed E-state index contributed by atoms with van der Waals surface area (Å²) in [5.41, 5.74) is 6.02. The Morgan fingerprint density at radius 2 is 1.73 bits per heavy atom. The third kappa shape index (κ3) is 4.16. The number of aryl methyl sites for hydroxylation is 1. The molecule has 2 aliphatic heterocycles. The maximum absolute atomic E-state index is 13.8. The molecule has 0 spiro atoms. The van der Waals surface area contributed by atoms with Crippen molar-refractivity contribution < 1.29 is 4.79 Å². The molecule has 2 heterocycles. The molecule has 0 radical (unpaired) electrons. The van der Waals surface area contributed by atoms with E-state index in [0.29, 0.717) is 10.1 Å². The van der Waals surface area contributed by atoms with E-state index in [-0.39, 0.29) is 5.91 Å². The van der Waals surface area contributed by atoms with Crippen molar-refractivity contribution in [2.24, 2.45) is 4.99 Å². The van der Waals surface area contributed by atoms with Crippen LogP contribution in [0, 0.1) is 6.92 Å². The first-order valence-electron chi connectivity index (χ1n) is 10.8. The molecule has 4 nitrogen and oxygen atoms in total. The molecule has 0 unspecified atom stereocenters. The zero-order valence-electron chi connectivity index (χ0n) is 18.3. The second-order valence-electron chi connectivity index (χ2n) is 7.80. The van der Waals surface area contributed by atoms with Gasteiger partial charge in [-0.25, -0.2) is 4.99 Å². The van der Waals surface area contributed by atoms with Gasteiger partial charge in [-0.1, -0.05) is 51.8 Å². The van der Waals surface area contributed by atoms with Crippen LogP contribution < -0.4 is 9.80 Å². The van der Waals surface area contributed by atoms with Gasteiger partial charge in [0.2, 0.25) is 0 Å². The predicted molar refractivity (Wildman–Crippen MR) is 143 cm³/mol. The van der Waals surface area contributed by atoms with E-state index in [9.17, 15) is 4.79 Å². The number of anilines is 2. The van der Waals surface area contributed by atoms with E-state index < -0.39 is 0 Å². The molecule has 1 fully saturated rings. The van der Waals surface area contributed by atoms with E-state index in [2.05, 4.69) is 65.0 Å². The Hall–Kier alpha value is -3.09. The fraction of sp³-hybridized carbons (Fsp3) is 0.111. The number of nitrogens with zero attached hydrogens (tertiary/aromatic N) is 3. The summed E-state index contributed by atoms with van der Waals surface area (Å²) >= 11 is 4.90. The van der Waals surface area contributed by atoms with E-state index in [1.54, 1.807) is 4.90 Å². The van der Waals surface area contributed by atoms with E-state index in [1.807, 2.05) is 54.6 Å². The van der Waals surface area contributed by atoms with Crippen LogP contribution in [0.1, 0.15) is 18.1 Å². The lowest BCUT2D eigenvalue weighted by Crippen LogP contribution is -2.31. The van der Waals surface area contributed by atoms with Crippen molar-refractivity contribution in [3.05, 3.63) is 105 Å². The number of hydrogen-bond acceptors (Lipinski definition) is 4. The maximum Gasteiger partial charge on any atom is 0.273 e. The number of aliphatic imine (C=N–C) groups is 1. The number of thioether (sulfide) groups is 1. The Morgan fingerprint density at radius 3 is 2.45 bits per heavy atom. The highest BCUT2D eigenvalue weighted by Gasteiger charge is 2.38. The standard InChI is InChI=1S/C27H22BrN3OS/c1-3-30-23-15-9-18(2)17-19(23)10-16-24(30)25-26(32)31(22-7-5-4-6-8-22)27(33-25)29-21-13-11-20(28)12-14-21/h4-17H,3H2,1-2H3/b25-24+,29-27?. The van der Waals surface area contributed by atoms with Gasteiger partial charge in [-0.3, -0.25) is 9.69 Å². The maximum atomic E-state index is 13.8. The zero-order valence-corrected chi connectivity index (χ0v) is 20.7. The number of fused-ring (bicyclic) bond motifs is 1. The van der Waals surface area contributed by atoms with Gasteiger partial charge in [0.25, 0.3) is 5.91 Å². The molecule has 164 valence electrons. The molecule has 33 heavy (non-hydrogen) atoms. The average molecular weight is 516 g/mol. The highest BCUT2D eigenvalue weighted by molar-refractivity contribution is 9.10. The van der Waals surface area contributed by atoms with E-state index in [4.69, 9.17) is 4.99 Å². The molecule has 1 amide bonds. The fourth-order valence-electron chi connectivity index (χ4n) is 4.02. The monoisotopic (exact) mass is 515 g/mol. The van der Waals surface area contributed by atoms with Crippen LogP contribution in [0.3, 0.4) is 0 Å². The van der Waals surface area contributed by atoms with Gasteiger partial charge >= 0.3 is 0 Å². The summed E-state index contributed by atoms with van der Waals surface area (Å²) in [4.78, 5) is 23.2. The average Bonchev–Trinajstić information content (AvgIpc) is 3.15. The van der Waals surface area contributed by atoms with Gasteiger partial charge in [-0.05, 0) is 85.8 Å². The first-order valence-corrected chi connectivity index (χ1v) is 12.4. The summed E-state index contributed by atoms with van der Waals surface area (Å²) in [6.45, 7) is 4.97. The number of benzene rings is 3. The molecule has 1 saturated heterocycles. The quantitative estimate of drug-likeness (QED) is 0.343. The lowest BCUT2D eigenvalue weighted by Gasteiger charge is -2.30. The molecule has 5 rings (SSSR count). The lowest BCUT2D eigenvalue weighted by atomic mass is 10.0. The van der Waals surface area contributed by atoms with Crippen molar-refractivity contribution >= 4 is 61.9 Å². The Balaban J connectivity index is 1.63. The Morgan fingerprint density at radius 1 is 0.970 bits per heavy atom. The molecule has 3 aromatic carbocycles. The minimum absolute atomic E-state index is 0.0595. The smallest absolute Gasteiger partial charge is 0.273 e. The molecule has 0 saturated carbocycles. The van der Waals surface area contributed by atoms with Crippen LogP contribution in [0.5, 0.6) is 0 Å². The topological polar surface area (TPSA) is 35.9 Å². The van der Waals surface area contributed by atoms with Gasteiger partial charge in [0, 0.05) is 16.7 Å². The molecule has 6 heteroatoms. The van der Waals surface area contributed by atoms with Gasteiger partial charge in [-0.2, -0.15) is 0 Å². The second kappa shape index (κ2) is 9.04. The Labute approximate surface area is 206 Å². The SMILES string of the molecule is CCN1/C(=C2/SC(=Nc3ccc(Br)cc3)N(c3ccccc3)C2=O)C=Cc2cc(C)ccc21. The molecule has 3 aromatic rings. The molecule has 0 aliphatic carbocycles. The summed E-state index contributed by atoms with van der Waals surface area (Å²) in [5.74, 6) is -0.0595. The van der Waals surface area contributed by atoms with Crippen LogP contribution in [0.25, 0.3) is 6.08 Å². The number of hydrogen-bond donors (Lipinski definition) is 0. The summed E-state index contributed by atoms with van der Waals surface area (Å²) in [6.07, 6.45) is 4.15. The van der Waals surface area contributed by atoms with Gasteiger partial charge in [0.15, 0.2) is 5.17 Å². The van der Waals surface area contributed by atoms with Gasteiger partial charge < -0.3 is 4.90 Å². The number of allylic oxidation sites excluding steroid dienone is 1. The Kier molecular flexibility index (Phi) is 5.96. The number of rotatable bonds is 3. The number of likely N-dealkylation sites (N-methyl/N-ethyl adjacent to an activating group) is 1. The second-order valence-corrected chi connectivity index (χ2v) is 9.70. The van der Waals surface area contributed by atoms with E-state index >= 15 is 0 Å². The van der Waals surface area contributed by atoms with Crippen LogP contribution in [0.4, 0.5) is 17.1 Å². The van der Waals surface area contributed by atoms with Crippen LogP contribution in [0.2, 0.25) is 0 Å². The van der Waals surface area contributed by atoms with Crippen molar-refractivity contribution in [2.75, 3.05) is 16.3 Å². The Bertz CT molecular complexity index is 1310. The van der Waals surface area contributed by atoms with Crippen LogP contribution in [-0.2, 0) is 4.79 Å². The minimum atomic E-state index is -0.0595. The van der Waals surface area contributed by atoms with Gasteiger partial charge in [-0.15, -0.1) is 0 Å². The first kappa shape index (κ1) is 21.7. The molecule has 0 bridgehead atoms. The highest BCUT2D eigenvalue weighted by Crippen LogP contribution is 2.42. The van der Waals surface area contributed by atoms with Crippen LogP contribution in [0.15, 0.2) is 98.9 Å². The van der Waals surface area contributed by atoms with Crippen molar-refractivity contribution in [1.82, 2.24) is 0 Å². The van der Waals surface area contributed by atoms with Gasteiger partial charge in [0.1, 0.15) is 4.91 Å². The normalized spacial score (nSPS) is 18.9. The van der Waals surface area contributed by atoms with Crippen LogP contribution in [-0.4, -0.2) is 17.6 Å². The minimum Gasteiger partial charge on any atom is -0.340 e. The molecule has 0 aromatic heterocycles. The summed E-state index contributed by atoms with van der Waals surface area (Å²) in [5, 5.41) is 0.648. The first-order chi connectivity index (χ1) is 16.0. The van der Waals surface area contributed by atoms with E-state index in [0.717, 1.165) is 33.8 Å². The largest absolute Gasteiger partial charge is 0.340 e. The van der Waals surface area contributed by atoms with Crippen molar-refractivity contribution in [2.45, 2.75) is 13.8 Å². The predicted octanol–water partition coefficient (Wildman–Crippen LogP) is 7.29. The zero-order chi connectivity index (χ0) is 22.9. The number of amidine groups is 1. The molecule has 0 atom stereocenters. The molecular formula is C27H22BrN3OS. The number of carbonyl (C=O) groups is 1. The molecule has 2 aliphatic rings. The van der Waals surface area contributed by atoms with Gasteiger partial charge in [0.05, 0.1) is 17.1 Å². The third-order valence-electron chi connectivity index (χ3n) is 5.58. The fourth-order valence-corrected chi connectivity index (χ4v) is 5.35. The lowest BCUT2D eigenvalue weighted by molar-refractivity contribution is -0.113. The van der Waals surface area contributed by atoms with Crippen molar-refractivity contribution in [3.8, 4) is 0 Å².